The molecule has 0 saturated carbocycles. The Hall–Kier alpha value is -2.22. The van der Waals surface area contributed by atoms with E-state index in [1.54, 1.807) is 12.1 Å². The predicted molar refractivity (Wildman–Crippen MR) is 108 cm³/mol. The van der Waals surface area contributed by atoms with E-state index in [9.17, 15) is 13.2 Å². The van der Waals surface area contributed by atoms with Crippen LogP contribution in [0.2, 0.25) is 0 Å². The van der Waals surface area contributed by atoms with Crippen molar-refractivity contribution in [1.82, 2.24) is 10.2 Å². The molecule has 0 bridgehead atoms. The molecule has 0 aliphatic carbocycles. The zero-order valence-electron chi connectivity index (χ0n) is 16.2. The number of carbonyl (C=O) groups excluding carboxylic acids is 1. The Balaban J connectivity index is 1.77. The van der Waals surface area contributed by atoms with E-state index in [1.807, 2.05) is 31.2 Å². The molecule has 0 aromatic heterocycles. The molecular formula is C21H26N2O4S. The number of amides is 1. The monoisotopic (exact) mass is 402 g/mol. The molecule has 1 saturated heterocycles. The van der Waals surface area contributed by atoms with Crippen molar-refractivity contribution in [2.24, 2.45) is 0 Å². The van der Waals surface area contributed by atoms with Crippen LogP contribution in [0.25, 0.3) is 0 Å². The summed E-state index contributed by atoms with van der Waals surface area (Å²) in [6, 6.07) is 14.0. The molecule has 150 valence electrons. The van der Waals surface area contributed by atoms with Crippen LogP contribution in [0.3, 0.4) is 0 Å². The van der Waals surface area contributed by atoms with Gasteiger partial charge in [0.1, 0.15) is 0 Å². The summed E-state index contributed by atoms with van der Waals surface area (Å²) in [5, 5.41) is 3.10. The first kappa shape index (κ1) is 20.5. The Kier molecular flexibility index (Phi) is 6.49. The summed E-state index contributed by atoms with van der Waals surface area (Å²) >= 11 is 0. The van der Waals surface area contributed by atoms with E-state index in [-0.39, 0.29) is 16.8 Å². The van der Waals surface area contributed by atoms with Gasteiger partial charge in [0, 0.05) is 31.5 Å². The van der Waals surface area contributed by atoms with E-state index in [4.69, 9.17) is 4.74 Å². The Labute approximate surface area is 166 Å². The molecule has 28 heavy (non-hydrogen) atoms. The van der Waals surface area contributed by atoms with Crippen LogP contribution in [-0.2, 0) is 14.6 Å². The largest absolute Gasteiger partial charge is 0.379 e. The summed E-state index contributed by atoms with van der Waals surface area (Å²) in [6.45, 7) is 5.79. The topological polar surface area (TPSA) is 75.7 Å². The third-order valence-corrected chi connectivity index (χ3v) is 6.00. The number of carbonyl (C=O) groups is 1. The van der Waals surface area contributed by atoms with Crippen LogP contribution in [0.4, 0.5) is 0 Å². The van der Waals surface area contributed by atoms with E-state index >= 15 is 0 Å². The lowest BCUT2D eigenvalue weighted by molar-refractivity contribution is 0.0332. The van der Waals surface area contributed by atoms with Gasteiger partial charge in [0.15, 0.2) is 9.84 Å². The van der Waals surface area contributed by atoms with Crippen molar-refractivity contribution in [2.45, 2.75) is 17.9 Å². The molecule has 3 rings (SSSR count). The molecule has 6 nitrogen and oxygen atoms in total. The summed E-state index contributed by atoms with van der Waals surface area (Å²) in [5.41, 5.74) is 2.64. The second-order valence-corrected chi connectivity index (χ2v) is 9.16. The molecule has 2 aromatic rings. The van der Waals surface area contributed by atoms with Gasteiger partial charge in [-0.05, 0) is 36.8 Å². The van der Waals surface area contributed by atoms with Gasteiger partial charge in [-0.15, -0.1) is 0 Å². The highest BCUT2D eigenvalue weighted by molar-refractivity contribution is 7.90. The molecular weight excluding hydrogens is 376 g/mol. The first-order chi connectivity index (χ1) is 13.3. The minimum atomic E-state index is -3.28. The van der Waals surface area contributed by atoms with Gasteiger partial charge in [0.25, 0.3) is 5.91 Å². The Morgan fingerprint density at radius 1 is 1.07 bits per heavy atom. The molecule has 1 atom stereocenters. The minimum Gasteiger partial charge on any atom is -0.379 e. The number of sulfone groups is 1. The summed E-state index contributed by atoms with van der Waals surface area (Å²) < 4.78 is 28.6. The van der Waals surface area contributed by atoms with Crippen LogP contribution >= 0.6 is 0 Å². The SMILES string of the molecule is Cc1ccc([C@@H](CN2CCOCC2)NC(=O)c2ccc(S(C)(=O)=O)cc2)cc1. The fraction of sp³-hybridized carbons (Fsp3) is 0.381. The van der Waals surface area contributed by atoms with Gasteiger partial charge in [0.2, 0.25) is 0 Å². The summed E-state index contributed by atoms with van der Waals surface area (Å²) in [4.78, 5) is 15.3. The van der Waals surface area contributed by atoms with Gasteiger partial charge in [-0.2, -0.15) is 0 Å². The minimum absolute atomic E-state index is 0.166. The van der Waals surface area contributed by atoms with Crippen LogP contribution in [0.5, 0.6) is 0 Å². The molecule has 0 spiro atoms. The lowest BCUT2D eigenvalue weighted by Gasteiger charge is -2.31. The highest BCUT2D eigenvalue weighted by Gasteiger charge is 2.21. The van der Waals surface area contributed by atoms with Gasteiger partial charge in [0.05, 0.1) is 24.2 Å². The van der Waals surface area contributed by atoms with Crippen LogP contribution in [-0.4, -0.2) is 58.3 Å². The lowest BCUT2D eigenvalue weighted by Crippen LogP contribution is -2.43. The number of nitrogens with zero attached hydrogens (tertiary/aromatic N) is 1. The highest BCUT2D eigenvalue weighted by Crippen LogP contribution is 2.18. The fourth-order valence-electron chi connectivity index (χ4n) is 3.17. The summed E-state index contributed by atoms with van der Waals surface area (Å²) in [7, 11) is -3.28. The van der Waals surface area contributed by atoms with Crippen LogP contribution in [0, 0.1) is 6.92 Å². The first-order valence-corrected chi connectivity index (χ1v) is 11.2. The van der Waals surface area contributed by atoms with Gasteiger partial charge in [-0.3, -0.25) is 9.69 Å². The molecule has 1 N–H and O–H groups in total. The normalized spacial score (nSPS) is 16.5. The molecule has 0 radical (unpaired) electrons. The van der Waals surface area contributed by atoms with E-state index in [0.29, 0.717) is 25.3 Å². The van der Waals surface area contributed by atoms with Gasteiger partial charge < -0.3 is 10.1 Å². The maximum Gasteiger partial charge on any atom is 0.251 e. The number of aryl methyl sites for hydroxylation is 1. The maximum atomic E-state index is 12.8. The zero-order chi connectivity index (χ0) is 20.1. The van der Waals surface area contributed by atoms with Crippen LogP contribution in [0.1, 0.15) is 27.5 Å². The second kappa shape index (κ2) is 8.86. The first-order valence-electron chi connectivity index (χ1n) is 9.30. The Bertz CT molecular complexity index is 902. The summed E-state index contributed by atoms with van der Waals surface area (Å²) in [6.07, 6.45) is 1.15. The van der Waals surface area contributed by atoms with E-state index < -0.39 is 9.84 Å². The van der Waals surface area contributed by atoms with E-state index in [0.717, 1.165) is 30.5 Å². The number of rotatable bonds is 6. The van der Waals surface area contributed by atoms with E-state index in [1.165, 1.54) is 12.1 Å². The van der Waals surface area contributed by atoms with Gasteiger partial charge in [-0.1, -0.05) is 29.8 Å². The zero-order valence-corrected chi connectivity index (χ0v) is 17.0. The highest BCUT2D eigenvalue weighted by atomic mass is 32.2. The molecule has 2 aromatic carbocycles. The van der Waals surface area contributed by atoms with Crippen molar-refractivity contribution in [3.05, 3.63) is 65.2 Å². The smallest absolute Gasteiger partial charge is 0.251 e. The molecule has 1 heterocycles. The summed E-state index contributed by atoms with van der Waals surface area (Å²) in [5.74, 6) is -0.223. The van der Waals surface area contributed by atoms with Gasteiger partial charge in [-0.25, -0.2) is 8.42 Å². The van der Waals surface area contributed by atoms with Gasteiger partial charge >= 0.3 is 0 Å². The van der Waals surface area contributed by atoms with Crippen LogP contribution in [0.15, 0.2) is 53.4 Å². The van der Waals surface area contributed by atoms with Crippen molar-refractivity contribution < 1.29 is 17.9 Å². The maximum absolute atomic E-state index is 12.8. The molecule has 1 amide bonds. The second-order valence-electron chi connectivity index (χ2n) is 7.15. The molecule has 7 heteroatoms. The van der Waals surface area contributed by atoms with Crippen molar-refractivity contribution >= 4 is 15.7 Å². The molecule has 1 aliphatic rings. The predicted octanol–water partition coefficient (Wildman–Crippen LogP) is 2.20. The van der Waals surface area contributed by atoms with Crippen molar-refractivity contribution in [2.75, 3.05) is 39.1 Å². The van der Waals surface area contributed by atoms with Crippen molar-refractivity contribution in [3.63, 3.8) is 0 Å². The van der Waals surface area contributed by atoms with Crippen LogP contribution < -0.4 is 5.32 Å². The standard InChI is InChI=1S/C21H26N2O4S/c1-16-3-5-17(6-4-16)20(15-23-11-13-27-14-12-23)22-21(24)18-7-9-19(10-8-18)28(2,25)26/h3-10,20H,11-15H2,1-2H3,(H,22,24)/t20-/m1/s1. The van der Waals surface area contributed by atoms with E-state index in [2.05, 4.69) is 10.2 Å². The van der Waals surface area contributed by atoms with Crippen molar-refractivity contribution in [3.8, 4) is 0 Å². The average molecular weight is 403 g/mol. The number of hydrogen-bond donors (Lipinski definition) is 1. The fourth-order valence-corrected chi connectivity index (χ4v) is 3.80. The molecule has 1 aliphatic heterocycles. The third-order valence-electron chi connectivity index (χ3n) is 4.87. The van der Waals surface area contributed by atoms with Crippen molar-refractivity contribution in [1.29, 1.82) is 0 Å². The Morgan fingerprint density at radius 2 is 1.68 bits per heavy atom. The lowest BCUT2D eigenvalue weighted by atomic mass is 10.0. The number of morpholine rings is 1. The Morgan fingerprint density at radius 3 is 2.25 bits per heavy atom. The quantitative estimate of drug-likeness (QED) is 0.802. The third kappa shape index (κ3) is 5.41. The average Bonchev–Trinajstić information content (AvgIpc) is 2.68. The number of hydrogen-bond acceptors (Lipinski definition) is 5. The number of ether oxygens (including phenoxy) is 1. The molecule has 0 unspecified atom stereocenters. The number of benzene rings is 2. The molecule has 1 fully saturated rings. The number of nitrogens with one attached hydrogen (secondary N) is 1.